The molecule has 1 rings (SSSR count). The molecule has 0 aromatic carbocycles. The van der Waals surface area contributed by atoms with Crippen LogP contribution >= 0.6 is 0 Å². The fourth-order valence-electron chi connectivity index (χ4n) is 0.743. The highest BCUT2D eigenvalue weighted by atomic mass is 16.4. The van der Waals surface area contributed by atoms with Gasteiger partial charge >= 0.3 is 6.09 Å². The van der Waals surface area contributed by atoms with Gasteiger partial charge in [0.05, 0.1) is 6.54 Å². The van der Waals surface area contributed by atoms with Crippen molar-refractivity contribution in [3.63, 3.8) is 0 Å². The zero-order chi connectivity index (χ0) is 8.27. The first-order valence-corrected chi connectivity index (χ1v) is 3.20. The van der Waals surface area contributed by atoms with Crippen LogP contribution < -0.4 is 5.32 Å². The Morgan fingerprint density at radius 2 is 2.45 bits per heavy atom. The molecule has 0 unspecified atom stereocenters. The van der Waals surface area contributed by atoms with Crippen LogP contribution in [0.15, 0.2) is 16.5 Å². The third kappa shape index (κ3) is 2.33. The van der Waals surface area contributed by atoms with Gasteiger partial charge in [-0.25, -0.2) is 4.79 Å². The zero-order valence-corrected chi connectivity index (χ0v) is 6.13. The Bertz CT molecular complexity index is 254. The van der Waals surface area contributed by atoms with Crippen molar-refractivity contribution < 1.29 is 14.3 Å². The number of amides is 1. The van der Waals surface area contributed by atoms with E-state index in [4.69, 9.17) is 9.52 Å². The van der Waals surface area contributed by atoms with Gasteiger partial charge in [0, 0.05) is 0 Å². The fraction of sp³-hybridized carbons (Fsp3) is 0.286. The standard InChI is InChI=1S/C7H9NO3/c1-5-2-3-6(11-5)4-8-7(9)10/h2-3,8H,4H2,1H3,(H,9,10). The van der Waals surface area contributed by atoms with Crippen molar-refractivity contribution in [2.24, 2.45) is 0 Å². The second-order valence-corrected chi connectivity index (χ2v) is 2.17. The monoisotopic (exact) mass is 155 g/mol. The number of furan rings is 1. The Labute approximate surface area is 63.8 Å². The van der Waals surface area contributed by atoms with E-state index in [1.165, 1.54) is 0 Å². The van der Waals surface area contributed by atoms with Crippen molar-refractivity contribution >= 4 is 6.09 Å². The largest absolute Gasteiger partial charge is 0.465 e. The van der Waals surface area contributed by atoms with Crippen LogP contribution in [-0.4, -0.2) is 11.2 Å². The van der Waals surface area contributed by atoms with E-state index in [1.54, 1.807) is 12.1 Å². The lowest BCUT2D eigenvalue weighted by molar-refractivity contribution is 0.193. The number of hydrogen-bond acceptors (Lipinski definition) is 2. The summed E-state index contributed by atoms with van der Waals surface area (Å²) in [6, 6.07) is 3.53. The molecule has 0 spiro atoms. The third-order valence-electron chi connectivity index (χ3n) is 1.21. The predicted molar refractivity (Wildman–Crippen MR) is 38.3 cm³/mol. The summed E-state index contributed by atoms with van der Waals surface area (Å²) in [4.78, 5) is 10.0. The summed E-state index contributed by atoms with van der Waals surface area (Å²) in [6.07, 6.45) is -1.04. The Morgan fingerprint density at radius 3 is 2.91 bits per heavy atom. The van der Waals surface area contributed by atoms with E-state index in [0.717, 1.165) is 5.76 Å². The second-order valence-electron chi connectivity index (χ2n) is 2.17. The summed E-state index contributed by atoms with van der Waals surface area (Å²) in [6.45, 7) is 2.04. The van der Waals surface area contributed by atoms with Crippen molar-refractivity contribution in [2.75, 3.05) is 0 Å². The van der Waals surface area contributed by atoms with E-state index in [2.05, 4.69) is 5.32 Å². The normalized spacial score (nSPS) is 9.55. The van der Waals surface area contributed by atoms with Crippen molar-refractivity contribution in [3.05, 3.63) is 23.7 Å². The van der Waals surface area contributed by atoms with Crippen molar-refractivity contribution in [3.8, 4) is 0 Å². The Morgan fingerprint density at radius 1 is 1.73 bits per heavy atom. The first kappa shape index (κ1) is 7.65. The number of rotatable bonds is 2. The van der Waals surface area contributed by atoms with Gasteiger partial charge in [0.2, 0.25) is 0 Å². The highest BCUT2D eigenvalue weighted by Gasteiger charge is 1.99. The highest BCUT2D eigenvalue weighted by Crippen LogP contribution is 2.04. The predicted octanol–water partition coefficient (Wildman–Crippen LogP) is 1.36. The molecule has 1 aromatic heterocycles. The van der Waals surface area contributed by atoms with Crippen molar-refractivity contribution in [2.45, 2.75) is 13.5 Å². The Kier molecular flexibility index (Phi) is 2.15. The van der Waals surface area contributed by atoms with Crippen LogP contribution in [0.5, 0.6) is 0 Å². The van der Waals surface area contributed by atoms with Crippen LogP contribution in [0.2, 0.25) is 0 Å². The van der Waals surface area contributed by atoms with Crippen molar-refractivity contribution in [1.82, 2.24) is 5.32 Å². The van der Waals surface area contributed by atoms with Gasteiger partial charge in [-0.05, 0) is 19.1 Å². The molecule has 1 amide bonds. The van der Waals surface area contributed by atoms with E-state index < -0.39 is 6.09 Å². The SMILES string of the molecule is Cc1ccc(CNC(=O)O)o1. The van der Waals surface area contributed by atoms with E-state index in [-0.39, 0.29) is 6.54 Å². The van der Waals surface area contributed by atoms with Gasteiger partial charge in [-0.1, -0.05) is 0 Å². The van der Waals surface area contributed by atoms with Gasteiger partial charge in [0.25, 0.3) is 0 Å². The molecule has 0 aliphatic carbocycles. The summed E-state index contributed by atoms with van der Waals surface area (Å²) < 4.78 is 5.11. The van der Waals surface area contributed by atoms with E-state index in [0.29, 0.717) is 5.76 Å². The van der Waals surface area contributed by atoms with Crippen LogP contribution in [-0.2, 0) is 6.54 Å². The van der Waals surface area contributed by atoms with Crippen LogP contribution in [0.3, 0.4) is 0 Å². The first-order chi connectivity index (χ1) is 5.18. The lowest BCUT2D eigenvalue weighted by Gasteiger charge is -1.94. The summed E-state index contributed by atoms with van der Waals surface area (Å²) in [5.41, 5.74) is 0. The molecule has 11 heavy (non-hydrogen) atoms. The minimum atomic E-state index is -1.04. The maximum absolute atomic E-state index is 10.0. The Balaban J connectivity index is 2.45. The van der Waals surface area contributed by atoms with Crippen LogP contribution in [0, 0.1) is 6.92 Å². The smallest absolute Gasteiger partial charge is 0.405 e. The molecule has 4 heteroatoms. The van der Waals surface area contributed by atoms with Gasteiger partial charge in [-0.2, -0.15) is 0 Å². The maximum atomic E-state index is 10.0. The maximum Gasteiger partial charge on any atom is 0.405 e. The molecule has 0 saturated carbocycles. The molecule has 0 bridgehead atoms. The lowest BCUT2D eigenvalue weighted by atomic mass is 10.4. The molecule has 2 N–H and O–H groups in total. The fourth-order valence-corrected chi connectivity index (χ4v) is 0.743. The molecule has 1 aromatic rings. The minimum absolute atomic E-state index is 0.225. The van der Waals surface area contributed by atoms with Crippen LogP contribution in [0.25, 0.3) is 0 Å². The average molecular weight is 155 g/mol. The van der Waals surface area contributed by atoms with E-state index in [1.807, 2.05) is 6.92 Å². The molecule has 1 heterocycles. The molecular weight excluding hydrogens is 146 g/mol. The number of carbonyl (C=O) groups is 1. The molecule has 0 radical (unpaired) electrons. The number of nitrogens with one attached hydrogen (secondary N) is 1. The van der Waals surface area contributed by atoms with Gasteiger partial charge < -0.3 is 14.8 Å². The molecule has 0 aliphatic heterocycles. The summed E-state index contributed by atoms with van der Waals surface area (Å²) in [7, 11) is 0. The summed E-state index contributed by atoms with van der Waals surface area (Å²) in [5, 5.41) is 10.4. The van der Waals surface area contributed by atoms with Gasteiger partial charge in [0.1, 0.15) is 11.5 Å². The molecule has 0 aliphatic rings. The number of hydrogen-bond donors (Lipinski definition) is 2. The molecule has 0 saturated heterocycles. The van der Waals surface area contributed by atoms with Gasteiger partial charge in [-0.3, -0.25) is 0 Å². The highest BCUT2D eigenvalue weighted by molar-refractivity contribution is 5.64. The zero-order valence-electron chi connectivity index (χ0n) is 6.13. The van der Waals surface area contributed by atoms with Crippen LogP contribution in [0.4, 0.5) is 4.79 Å². The van der Waals surface area contributed by atoms with Crippen molar-refractivity contribution in [1.29, 1.82) is 0 Å². The first-order valence-electron chi connectivity index (χ1n) is 3.20. The molecule has 0 fully saturated rings. The van der Waals surface area contributed by atoms with Crippen LogP contribution in [0.1, 0.15) is 11.5 Å². The van der Waals surface area contributed by atoms with E-state index in [9.17, 15) is 4.79 Å². The van der Waals surface area contributed by atoms with E-state index >= 15 is 0 Å². The van der Waals surface area contributed by atoms with Gasteiger partial charge in [-0.15, -0.1) is 0 Å². The second kappa shape index (κ2) is 3.09. The topological polar surface area (TPSA) is 62.5 Å². The molecular formula is C7H9NO3. The average Bonchev–Trinajstić information content (AvgIpc) is 2.31. The summed E-state index contributed by atoms with van der Waals surface area (Å²) >= 11 is 0. The molecule has 60 valence electrons. The molecule has 4 nitrogen and oxygen atoms in total. The number of carboxylic acid groups (broad SMARTS) is 1. The summed E-state index contributed by atoms with van der Waals surface area (Å²) in [5.74, 6) is 1.41. The Hall–Kier alpha value is -1.45. The molecule has 0 atom stereocenters. The lowest BCUT2D eigenvalue weighted by Crippen LogP contribution is -2.19. The third-order valence-corrected chi connectivity index (χ3v) is 1.21. The number of aryl methyl sites for hydroxylation is 1. The quantitative estimate of drug-likeness (QED) is 0.677. The van der Waals surface area contributed by atoms with Gasteiger partial charge in [0.15, 0.2) is 0 Å². The minimum Gasteiger partial charge on any atom is -0.465 e.